The lowest BCUT2D eigenvalue weighted by molar-refractivity contribution is 0.578. The molecule has 0 heteroatoms. The maximum Gasteiger partial charge on any atom is -0.0194 e. The van der Waals surface area contributed by atoms with Crippen molar-refractivity contribution in [2.24, 2.45) is 5.92 Å². The second kappa shape index (κ2) is 6.71. The van der Waals surface area contributed by atoms with Crippen molar-refractivity contribution in [2.45, 2.75) is 40.0 Å². The first-order valence-electron chi connectivity index (χ1n) is 5.12. The van der Waals surface area contributed by atoms with Gasteiger partial charge in [-0.25, -0.2) is 0 Å². The summed E-state index contributed by atoms with van der Waals surface area (Å²) in [5, 5.41) is 0. The Balaban J connectivity index is 4.09. The summed E-state index contributed by atoms with van der Waals surface area (Å²) in [6, 6.07) is 0. The third kappa shape index (κ3) is 4.72. The van der Waals surface area contributed by atoms with E-state index in [2.05, 4.69) is 33.9 Å². The Morgan fingerprint density at radius 3 is 2.54 bits per heavy atom. The van der Waals surface area contributed by atoms with Gasteiger partial charge in [0.1, 0.15) is 0 Å². The van der Waals surface area contributed by atoms with E-state index in [1.54, 1.807) is 0 Å². The van der Waals surface area contributed by atoms with Gasteiger partial charge in [0.15, 0.2) is 0 Å². The zero-order valence-electron chi connectivity index (χ0n) is 9.27. The minimum Gasteiger partial charge on any atom is -0.0991 e. The molecule has 0 bridgehead atoms. The monoisotopic (exact) mass is 178 g/mol. The van der Waals surface area contributed by atoms with Crippen LogP contribution in [0.2, 0.25) is 0 Å². The summed E-state index contributed by atoms with van der Waals surface area (Å²) in [5.74, 6) is 0.608. The molecule has 0 aromatic carbocycles. The normalized spacial score (nSPS) is 13.9. The fourth-order valence-corrected chi connectivity index (χ4v) is 1.36. The van der Waals surface area contributed by atoms with Gasteiger partial charge in [-0.15, -0.1) is 0 Å². The molecule has 0 N–H and O–H groups in total. The Labute approximate surface area is 83.0 Å². The highest BCUT2D eigenvalue weighted by Crippen LogP contribution is 2.22. The number of unbranched alkanes of at least 4 members (excludes halogenated alkanes) is 1. The molecule has 1 unspecified atom stereocenters. The van der Waals surface area contributed by atoms with Gasteiger partial charge in [0.25, 0.3) is 0 Å². The van der Waals surface area contributed by atoms with E-state index in [1.807, 2.05) is 12.2 Å². The topological polar surface area (TPSA) is 0 Å². The molecule has 0 amide bonds. The number of hydrogen-bond donors (Lipinski definition) is 0. The summed E-state index contributed by atoms with van der Waals surface area (Å²) >= 11 is 0. The highest BCUT2D eigenvalue weighted by Gasteiger charge is 2.06. The van der Waals surface area contributed by atoms with Crippen LogP contribution < -0.4 is 0 Å². The van der Waals surface area contributed by atoms with Gasteiger partial charge in [0, 0.05) is 0 Å². The quantitative estimate of drug-likeness (QED) is 0.525. The minimum atomic E-state index is 0.608. The molecule has 0 aliphatic heterocycles. The number of rotatable bonds is 6. The van der Waals surface area contributed by atoms with Crippen molar-refractivity contribution in [3.05, 3.63) is 36.5 Å². The largest absolute Gasteiger partial charge is 0.0991 e. The highest BCUT2D eigenvalue weighted by atomic mass is 14.1. The number of hydrogen-bond acceptors (Lipinski definition) is 0. The average Bonchev–Trinajstić information content (AvgIpc) is 2.13. The molecule has 0 aromatic heterocycles. The molecule has 0 aromatic rings. The second-order valence-corrected chi connectivity index (χ2v) is 3.65. The van der Waals surface area contributed by atoms with Crippen LogP contribution in [0.15, 0.2) is 36.5 Å². The fourth-order valence-electron chi connectivity index (χ4n) is 1.36. The van der Waals surface area contributed by atoms with Crippen LogP contribution in [0.25, 0.3) is 0 Å². The molecule has 0 saturated heterocycles. The highest BCUT2D eigenvalue weighted by molar-refractivity contribution is 5.30. The van der Waals surface area contributed by atoms with Gasteiger partial charge in [-0.3, -0.25) is 0 Å². The van der Waals surface area contributed by atoms with Gasteiger partial charge in [0.05, 0.1) is 0 Å². The van der Waals surface area contributed by atoms with Crippen LogP contribution in [0, 0.1) is 5.92 Å². The Kier molecular flexibility index (Phi) is 6.30. The molecular formula is C13H22. The lowest BCUT2D eigenvalue weighted by Gasteiger charge is -2.14. The average molecular weight is 178 g/mol. The molecule has 0 rings (SSSR count). The molecule has 0 aliphatic rings. The second-order valence-electron chi connectivity index (χ2n) is 3.65. The van der Waals surface area contributed by atoms with E-state index in [9.17, 15) is 0 Å². The summed E-state index contributed by atoms with van der Waals surface area (Å²) in [5.41, 5.74) is 2.52. The summed E-state index contributed by atoms with van der Waals surface area (Å²) in [6.07, 6.45) is 7.67. The molecule has 0 saturated carbocycles. The van der Waals surface area contributed by atoms with Crippen LogP contribution in [0.5, 0.6) is 0 Å². The first-order valence-corrected chi connectivity index (χ1v) is 5.12. The maximum absolute atomic E-state index is 4.11. The number of allylic oxidation sites excluding steroid dienone is 4. The van der Waals surface area contributed by atoms with E-state index in [1.165, 1.54) is 30.4 Å². The third-order valence-electron chi connectivity index (χ3n) is 2.46. The molecule has 0 aliphatic carbocycles. The summed E-state index contributed by atoms with van der Waals surface area (Å²) in [4.78, 5) is 0. The molecule has 0 radical (unpaired) electrons. The van der Waals surface area contributed by atoms with Crippen LogP contribution in [-0.4, -0.2) is 0 Å². The zero-order chi connectivity index (χ0) is 10.3. The molecule has 13 heavy (non-hydrogen) atoms. The fraction of sp³-hybridized carbons (Fsp3) is 0.538. The SMILES string of the molecule is C=C/C=C(/C)C(=C)C(C)CCCC. The first kappa shape index (κ1) is 12.2. The lowest BCUT2D eigenvalue weighted by Crippen LogP contribution is -1.99. The van der Waals surface area contributed by atoms with Crippen LogP contribution in [0.3, 0.4) is 0 Å². The Hall–Kier alpha value is -0.780. The molecule has 0 spiro atoms. The summed E-state index contributed by atoms with van der Waals surface area (Å²) in [7, 11) is 0. The van der Waals surface area contributed by atoms with Crippen molar-refractivity contribution < 1.29 is 0 Å². The Morgan fingerprint density at radius 1 is 1.46 bits per heavy atom. The van der Waals surface area contributed by atoms with Gasteiger partial charge >= 0.3 is 0 Å². The van der Waals surface area contributed by atoms with Crippen molar-refractivity contribution >= 4 is 0 Å². The van der Waals surface area contributed by atoms with Crippen molar-refractivity contribution in [3.63, 3.8) is 0 Å². The summed E-state index contributed by atoms with van der Waals surface area (Å²) in [6.45, 7) is 14.4. The van der Waals surface area contributed by atoms with E-state index >= 15 is 0 Å². The molecular weight excluding hydrogens is 156 g/mol. The van der Waals surface area contributed by atoms with Crippen LogP contribution in [0.1, 0.15) is 40.0 Å². The van der Waals surface area contributed by atoms with Gasteiger partial charge in [0.2, 0.25) is 0 Å². The van der Waals surface area contributed by atoms with Crippen molar-refractivity contribution in [1.82, 2.24) is 0 Å². The van der Waals surface area contributed by atoms with Crippen LogP contribution in [0.4, 0.5) is 0 Å². The van der Waals surface area contributed by atoms with E-state index in [-0.39, 0.29) is 0 Å². The van der Waals surface area contributed by atoms with E-state index in [4.69, 9.17) is 0 Å². The maximum atomic E-state index is 4.11. The van der Waals surface area contributed by atoms with Gasteiger partial charge < -0.3 is 0 Å². The molecule has 0 heterocycles. The van der Waals surface area contributed by atoms with E-state index in [0.29, 0.717) is 5.92 Å². The summed E-state index contributed by atoms with van der Waals surface area (Å²) < 4.78 is 0. The van der Waals surface area contributed by atoms with E-state index < -0.39 is 0 Å². The standard InChI is InChI=1S/C13H22/c1-6-8-10-12(4)13(5)11(3)9-7-2/h7,9,12H,2,5-6,8,10H2,1,3-4H3/b11-9-. The zero-order valence-corrected chi connectivity index (χ0v) is 9.27. The molecule has 1 atom stereocenters. The van der Waals surface area contributed by atoms with Crippen molar-refractivity contribution in [1.29, 1.82) is 0 Å². The third-order valence-corrected chi connectivity index (χ3v) is 2.46. The Morgan fingerprint density at radius 2 is 2.08 bits per heavy atom. The van der Waals surface area contributed by atoms with Gasteiger partial charge in [-0.2, -0.15) is 0 Å². The Bertz CT molecular complexity index is 196. The van der Waals surface area contributed by atoms with Crippen molar-refractivity contribution in [2.75, 3.05) is 0 Å². The minimum absolute atomic E-state index is 0.608. The van der Waals surface area contributed by atoms with Gasteiger partial charge in [-0.05, 0) is 30.4 Å². The predicted molar refractivity (Wildman–Crippen MR) is 61.8 cm³/mol. The lowest BCUT2D eigenvalue weighted by atomic mass is 9.91. The molecule has 0 nitrogen and oxygen atoms in total. The van der Waals surface area contributed by atoms with Gasteiger partial charge in [-0.1, -0.05) is 52.0 Å². The predicted octanol–water partition coefficient (Wildman–Crippen LogP) is 4.50. The first-order chi connectivity index (χ1) is 6.13. The van der Waals surface area contributed by atoms with Crippen LogP contribution >= 0.6 is 0 Å². The van der Waals surface area contributed by atoms with Crippen LogP contribution in [-0.2, 0) is 0 Å². The molecule has 74 valence electrons. The molecule has 0 fully saturated rings. The smallest absolute Gasteiger partial charge is 0.0194 e. The van der Waals surface area contributed by atoms with Crippen molar-refractivity contribution in [3.8, 4) is 0 Å². The van der Waals surface area contributed by atoms with E-state index in [0.717, 1.165) is 0 Å².